The van der Waals surface area contributed by atoms with E-state index in [0.29, 0.717) is 50.5 Å². The minimum absolute atomic E-state index is 0.0406. The second kappa shape index (κ2) is 10.1. The van der Waals surface area contributed by atoms with E-state index in [2.05, 4.69) is 20.5 Å². The van der Waals surface area contributed by atoms with Crippen LogP contribution in [0.4, 0.5) is 23.8 Å². The van der Waals surface area contributed by atoms with Gasteiger partial charge in [-0.2, -0.15) is 18.2 Å². The number of nitrogens with two attached hydrogens (primary N) is 1. The summed E-state index contributed by atoms with van der Waals surface area (Å²) in [5.41, 5.74) is 4.49. The summed E-state index contributed by atoms with van der Waals surface area (Å²) in [4.78, 5) is 32.7. The van der Waals surface area contributed by atoms with Crippen molar-refractivity contribution >= 4 is 11.8 Å². The predicted molar refractivity (Wildman–Crippen MR) is 133 cm³/mol. The molecular weight excluding hydrogens is 487 g/mol. The predicted octanol–water partition coefficient (Wildman–Crippen LogP) is 1.76. The molecule has 37 heavy (non-hydrogen) atoms. The van der Waals surface area contributed by atoms with Gasteiger partial charge in [-0.15, -0.1) is 0 Å². The first-order chi connectivity index (χ1) is 17.7. The van der Waals surface area contributed by atoms with Crippen molar-refractivity contribution in [2.24, 2.45) is 23.5 Å². The standard InChI is InChI=1S/C25H32F3N7O2/c1-15(34-13-19-18(12-29)20(19)14-34)10-16-2-3-17(11-21(16)25(26,27)28)35-7-4-22(32-24(35)37)31-23(36)33-8-5-30-6-9-33/h2-4,7,11,15,18-20,30H,5-6,8-10,12-14,29H2,1H3,(H,31,32,36,37)/t15?,18?,19-,20+. The number of amides is 2. The highest BCUT2D eigenvalue weighted by atomic mass is 19.4. The SMILES string of the molecule is CC(Cc1ccc(-n2ccc(NC(=O)N3CCNCC3)nc2=O)cc1C(F)(F)F)N1C[C@@H]2C(CN)[C@@H]2C1. The van der Waals surface area contributed by atoms with Gasteiger partial charge in [0.2, 0.25) is 0 Å². The lowest BCUT2D eigenvalue weighted by Gasteiger charge is -2.28. The van der Waals surface area contributed by atoms with E-state index in [-0.39, 0.29) is 35.6 Å². The summed E-state index contributed by atoms with van der Waals surface area (Å²) in [7, 11) is 0. The molecule has 1 aromatic heterocycles. The van der Waals surface area contributed by atoms with Crippen molar-refractivity contribution in [2.45, 2.75) is 25.6 Å². The van der Waals surface area contributed by atoms with Crippen LogP contribution in [-0.4, -0.2) is 77.2 Å². The van der Waals surface area contributed by atoms with Crippen molar-refractivity contribution < 1.29 is 18.0 Å². The van der Waals surface area contributed by atoms with Crippen LogP contribution in [0.3, 0.4) is 0 Å². The molecule has 200 valence electrons. The van der Waals surface area contributed by atoms with Gasteiger partial charge in [0.05, 0.1) is 11.3 Å². The third-order valence-corrected chi connectivity index (χ3v) is 7.93. The molecule has 0 bridgehead atoms. The van der Waals surface area contributed by atoms with Gasteiger partial charge in [0.1, 0.15) is 5.82 Å². The summed E-state index contributed by atoms with van der Waals surface area (Å²) in [6.07, 6.45) is -2.99. The Bertz CT molecular complexity index is 1200. The van der Waals surface area contributed by atoms with Gasteiger partial charge in [-0.1, -0.05) is 6.07 Å². The van der Waals surface area contributed by atoms with Crippen LogP contribution in [0.5, 0.6) is 0 Å². The van der Waals surface area contributed by atoms with Crippen LogP contribution < -0.4 is 22.1 Å². The highest BCUT2D eigenvalue weighted by Crippen LogP contribution is 2.51. The number of nitrogens with one attached hydrogen (secondary N) is 2. The smallest absolute Gasteiger partial charge is 0.330 e. The molecule has 4 atom stereocenters. The normalized spacial score (nSPS) is 24.6. The Balaban J connectivity index is 1.31. The molecule has 4 N–H and O–H groups in total. The molecule has 0 spiro atoms. The molecule has 3 aliphatic rings. The van der Waals surface area contributed by atoms with Crippen molar-refractivity contribution in [3.63, 3.8) is 0 Å². The molecular formula is C25H32F3N7O2. The van der Waals surface area contributed by atoms with E-state index in [1.165, 1.54) is 24.4 Å². The summed E-state index contributed by atoms with van der Waals surface area (Å²) in [6, 6.07) is 4.93. The van der Waals surface area contributed by atoms with Gasteiger partial charge in [-0.05, 0) is 61.4 Å². The fraction of sp³-hybridized carbons (Fsp3) is 0.560. The number of fused-ring (bicyclic) bond motifs is 1. The van der Waals surface area contributed by atoms with Gasteiger partial charge >= 0.3 is 17.9 Å². The zero-order chi connectivity index (χ0) is 26.3. The van der Waals surface area contributed by atoms with E-state index in [4.69, 9.17) is 5.73 Å². The van der Waals surface area contributed by atoms with Crippen molar-refractivity contribution in [3.05, 3.63) is 52.1 Å². The number of piperazine rings is 1. The molecule has 2 aliphatic heterocycles. The van der Waals surface area contributed by atoms with E-state index in [9.17, 15) is 22.8 Å². The van der Waals surface area contributed by atoms with E-state index >= 15 is 0 Å². The van der Waals surface area contributed by atoms with Crippen LogP contribution in [0.15, 0.2) is 35.3 Å². The number of hydrogen-bond acceptors (Lipinski definition) is 6. The number of likely N-dealkylation sites (tertiary alicyclic amines) is 1. The maximum absolute atomic E-state index is 14.0. The summed E-state index contributed by atoms with van der Waals surface area (Å²) in [5, 5.41) is 5.72. The third-order valence-electron chi connectivity index (χ3n) is 7.93. The molecule has 1 aliphatic carbocycles. The summed E-state index contributed by atoms with van der Waals surface area (Å²) >= 11 is 0. The molecule has 0 radical (unpaired) electrons. The van der Waals surface area contributed by atoms with Gasteiger partial charge in [-0.3, -0.25) is 14.8 Å². The number of aromatic nitrogens is 2. The number of urea groups is 1. The topological polar surface area (TPSA) is 109 Å². The van der Waals surface area contributed by atoms with Gasteiger partial charge < -0.3 is 16.0 Å². The molecule has 1 saturated carbocycles. The molecule has 2 saturated heterocycles. The van der Waals surface area contributed by atoms with Crippen molar-refractivity contribution in [1.29, 1.82) is 0 Å². The molecule has 2 aromatic rings. The maximum Gasteiger partial charge on any atom is 0.416 e. The lowest BCUT2D eigenvalue weighted by Crippen LogP contribution is -2.48. The quantitative estimate of drug-likeness (QED) is 0.537. The fourth-order valence-corrected chi connectivity index (χ4v) is 5.72. The van der Waals surface area contributed by atoms with Crippen LogP contribution in [0.2, 0.25) is 0 Å². The van der Waals surface area contributed by atoms with Gasteiger partial charge in [0.25, 0.3) is 0 Å². The minimum Gasteiger partial charge on any atom is -0.330 e. The maximum atomic E-state index is 14.0. The monoisotopic (exact) mass is 519 g/mol. The molecule has 2 unspecified atom stereocenters. The first kappa shape index (κ1) is 25.7. The average Bonchev–Trinajstić information content (AvgIpc) is 3.34. The van der Waals surface area contributed by atoms with Crippen molar-refractivity contribution in [1.82, 2.24) is 24.7 Å². The number of nitrogens with zero attached hydrogens (tertiary/aromatic N) is 4. The Hall–Kier alpha value is -2.96. The van der Waals surface area contributed by atoms with Gasteiger partial charge in [-0.25, -0.2) is 9.59 Å². The highest BCUT2D eigenvalue weighted by molar-refractivity contribution is 5.88. The lowest BCUT2D eigenvalue weighted by atomic mass is 9.98. The fourth-order valence-electron chi connectivity index (χ4n) is 5.72. The minimum atomic E-state index is -4.57. The van der Waals surface area contributed by atoms with Crippen molar-refractivity contribution in [3.8, 4) is 5.69 Å². The van der Waals surface area contributed by atoms with Gasteiger partial charge in [0, 0.05) is 51.5 Å². The number of piperidine rings is 1. The van der Waals surface area contributed by atoms with Crippen LogP contribution in [0, 0.1) is 17.8 Å². The number of alkyl halides is 3. The molecule has 1 aromatic carbocycles. The second-order valence-electron chi connectivity index (χ2n) is 10.2. The molecule has 9 nitrogen and oxygen atoms in total. The number of rotatable bonds is 6. The Labute approximate surface area is 212 Å². The first-order valence-electron chi connectivity index (χ1n) is 12.7. The Morgan fingerprint density at radius 2 is 1.92 bits per heavy atom. The Morgan fingerprint density at radius 1 is 1.22 bits per heavy atom. The van der Waals surface area contributed by atoms with Crippen LogP contribution >= 0.6 is 0 Å². The largest absolute Gasteiger partial charge is 0.416 e. The third kappa shape index (κ3) is 5.36. The van der Waals surface area contributed by atoms with Crippen LogP contribution in [0.25, 0.3) is 5.69 Å². The number of benzene rings is 1. The Morgan fingerprint density at radius 3 is 2.54 bits per heavy atom. The molecule has 5 rings (SSSR count). The van der Waals surface area contributed by atoms with E-state index in [1.807, 2.05) is 6.92 Å². The number of carbonyl (C=O) groups excluding carboxylic acids is 1. The summed E-state index contributed by atoms with van der Waals surface area (Å²) in [6.45, 7) is 6.80. The average molecular weight is 520 g/mol. The number of anilines is 1. The molecule has 2 amide bonds. The highest BCUT2D eigenvalue weighted by Gasteiger charge is 2.55. The number of carbonyl (C=O) groups is 1. The zero-order valence-electron chi connectivity index (χ0n) is 20.7. The van der Waals surface area contributed by atoms with E-state index in [1.54, 1.807) is 4.90 Å². The Kier molecular flexibility index (Phi) is 6.99. The van der Waals surface area contributed by atoms with E-state index in [0.717, 1.165) is 23.7 Å². The van der Waals surface area contributed by atoms with Crippen LogP contribution in [-0.2, 0) is 12.6 Å². The first-order valence-corrected chi connectivity index (χ1v) is 12.7. The molecule has 12 heteroatoms. The van der Waals surface area contributed by atoms with Gasteiger partial charge in [0.15, 0.2) is 0 Å². The lowest BCUT2D eigenvalue weighted by molar-refractivity contribution is -0.138. The molecule has 3 fully saturated rings. The summed E-state index contributed by atoms with van der Waals surface area (Å²) in [5.74, 6) is 1.75. The van der Waals surface area contributed by atoms with E-state index < -0.39 is 17.4 Å². The zero-order valence-corrected chi connectivity index (χ0v) is 20.7. The second-order valence-corrected chi connectivity index (χ2v) is 10.2. The van der Waals surface area contributed by atoms with Crippen molar-refractivity contribution in [2.75, 3.05) is 51.1 Å². The number of hydrogen-bond donors (Lipinski definition) is 3. The van der Waals surface area contributed by atoms with Crippen LogP contribution in [0.1, 0.15) is 18.1 Å². The summed E-state index contributed by atoms with van der Waals surface area (Å²) < 4.78 is 43.2. The molecule has 3 heterocycles. The number of halogens is 3.